The Hall–Kier alpha value is -3.68. The van der Waals surface area contributed by atoms with Crippen molar-refractivity contribution in [2.45, 2.75) is 58.3 Å². The Morgan fingerprint density at radius 1 is 1.06 bits per heavy atom. The molecule has 0 spiro atoms. The summed E-state index contributed by atoms with van der Waals surface area (Å²) < 4.78 is 8.32. The molecule has 0 unspecified atom stereocenters. The van der Waals surface area contributed by atoms with Gasteiger partial charge in [0, 0.05) is 12.0 Å². The van der Waals surface area contributed by atoms with E-state index in [1.165, 1.54) is 36.8 Å². The topological polar surface area (TPSA) is 116 Å². The Morgan fingerprint density at radius 2 is 1.71 bits per heavy atom. The first kappa shape index (κ1) is 24.4. The Morgan fingerprint density at radius 3 is 2.37 bits per heavy atom. The number of nitrogens with two attached hydrogens (primary N) is 1. The number of carbonyl (C=O) groups excluding carboxylic acids is 1. The van der Waals surface area contributed by atoms with Gasteiger partial charge in [-0.15, -0.1) is 5.10 Å². The number of esters is 1. The molecule has 35 heavy (non-hydrogen) atoms. The molecule has 8 nitrogen and oxygen atoms in total. The van der Waals surface area contributed by atoms with Gasteiger partial charge in [0.1, 0.15) is 11.7 Å². The number of hydrogen-bond acceptors (Lipinski definition) is 5. The van der Waals surface area contributed by atoms with Gasteiger partial charge in [0.15, 0.2) is 0 Å². The lowest BCUT2D eigenvalue weighted by atomic mass is 9.87. The molecule has 1 aromatic heterocycles. The SMILES string of the molecule is Cc1nn(-c2ccc(C(=N)N)cc2)c(=O)n1-c1ccc(CCC(=O)OCCC2CCCCC2)cc1. The van der Waals surface area contributed by atoms with Gasteiger partial charge in [0.05, 0.1) is 18.0 Å². The molecule has 1 saturated carbocycles. The second-order valence-electron chi connectivity index (χ2n) is 9.22. The van der Waals surface area contributed by atoms with Crippen LogP contribution in [0.1, 0.15) is 61.9 Å². The number of benzene rings is 2. The summed E-state index contributed by atoms with van der Waals surface area (Å²) in [6.45, 7) is 2.30. The monoisotopic (exact) mass is 475 g/mol. The average molecular weight is 476 g/mol. The zero-order valence-electron chi connectivity index (χ0n) is 20.2. The quantitative estimate of drug-likeness (QED) is 0.275. The Balaban J connectivity index is 1.35. The second kappa shape index (κ2) is 11.2. The summed E-state index contributed by atoms with van der Waals surface area (Å²) in [5.41, 5.74) is 8.12. The summed E-state index contributed by atoms with van der Waals surface area (Å²) in [6.07, 6.45) is 8.37. The van der Waals surface area contributed by atoms with Crippen molar-refractivity contribution in [2.75, 3.05) is 6.61 Å². The van der Waals surface area contributed by atoms with E-state index in [1.54, 1.807) is 35.8 Å². The maximum Gasteiger partial charge on any atom is 0.355 e. The van der Waals surface area contributed by atoms with Crippen LogP contribution in [0.4, 0.5) is 0 Å². The highest BCUT2D eigenvalue weighted by molar-refractivity contribution is 5.95. The van der Waals surface area contributed by atoms with Crippen LogP contribution in [0.5, 0.6) is 0 Å². The predicted octanol–water partition coefficient (Wildman–Crippen LogP) is 4.06. The van der Waals surface area contributed by atoms with Gasteiger partial charge < -0.3 is 10.5 Å². The first-order valence-electron chi connectivity index (χ1n) is 12.3. The van der Waals surface area contributed by atoms with Gasteiger partial charge in [0.25, 0.3) is 0 Å². The van der Waals surface area contributed by atoms with Crippen LogP contribution in [0.15, 0.2) is 53.3 Å². The van der Waals surface area contributed by atoms with Crippen LogP contribution in [0, 0.1) is 18.3 Å². The van der Waals surface area contributed by atoms with Gasteiger partial charge in [-0.25, -0.2) is 9.36 Å². The molecule has 8 heteroatoms. The van der Waals surface area contributed by atoms with E-state index < -0.39 is 0 Å². The van der Waals surface area contributed by atoms with E-state index >= 15 is 0 Å². The number of nitrogens with zero attached hydrogens (tertiary/aromatic N) is 3. The maximum atomic E-state index is 13.1. The minimum absolute atomic E-state index is 0.0293. The molecule has 4 rings (SSSR count). The number of nitrogen functional groups attached to an aromatic ring is 1. The summed E-state index contributed by atoms with van der Waals surface area (Å²) in [4.78, 5) is 25.2. The number of aryl methyl sites for hydroxylation is 2. The van der Waals surface area contributed by atoms with Crippen LogP contribution in [0.3, 0.4) is 0 Å². The first-order valence-corrected chi connectivity index (χ1v) is 12.3. The highest BCUT2D eigenvalue weighted by Crippen LogP contribution is 2.26. The lowest BCUT2D eigenvalue weighted by Gasteiger charge is -2.21. The van der Waals surface area contributed by atoms with E-state index in [9.17, 15) is 9.59 Å². The zero-order chi connectivity index (χ0) is 24.8. The number of rotatable bonds is 9. The summed E-state index contributed by atoms with van der Waals surface area (Å²) in [5, 5.41) is 11.9. The molecule has 0 radical (unpaired) electrons. The molecule has 184 valence electrons. The summed E-state index contributed by atoms with van der Waals surface area (Å²) in [7, 11) is 0. The van der Waals surface area contributed by atoms with Gasteiger partial charge >= 0.3 is 11.7 Å². The number of hydrogen-bond donors (Lipinski definition) is 2. The van der Waals surface area contributed by atoms with Crippen molar-refractivity contribution in [2.24, 2.45) is 11.7 Å². The summed E-state index contributed by atoms with van der Waals surface area (Å²) in [5.74, 6) is 1.08. The number of carbonyl (C=O) groups is 1. The molecule has 0 aliphatic heterocycles. The Kier molecular flexibility index (Phi) is 7.80. The molecular formula is C27H33N5O3. The van der Waals surface area contributed by atoms with Gasteiger partial charge in [-0.1, -0.05) is 44.2 Å². The molecule has 1 aliphatic carbocycles. The third-order valence-corrected chi connectivity index (χ3v) is 6.69. The van der Waals surface area contributed by atoms with Crippen LogP contribution >= 0.6 is 0 Å². The van der Waals surface area contributed by atoms with Gasteiger partial charge in [-0.3, -0.25) is 10.2 Å². The van der Waals surface area contributed by atoms with Crippen LogP contribution in [0.2, 0.25) is 0 Å². The number of aromatic nitrogens is 3. The molecule has 0 bridgehead atoms. The van der Waals surface area contributed by atoms with Gasteiger partial charge in [0.2, 0.25) is 0 Å². The second-order valence-corrected chi connectivity index (χ2v) is 9.22. The number of nitrogens with one attached hydrogen (secondary N) is 1. The van der Waals surface area contributed by atoms with E-state index in [1.807, 2.05) is 24.3 Å². The Bertz CT molecular complexity index is 1220. The smallest absolute Gasteiger partial charge is 0.355 e. The molecule has 1 fully saturated rings. The fraction of sp³-hybridized carbons (Fsp3) is 0.407. The van der Waals surface area contributed by atoms with Crippen molar-refractivity contribution in [3.05, 3.63) is 76.0 Å². The van der Waals surface area contributed by atoms with Crippen molar-refractivity contribution in [3.8, 4) is 11.4 Å². The van der Waals surface area contributed by atoms with E-state index in [0.29, 0.717) is 48.1 Å². The van der Waals surface area contributed by atoms with E-state index in [0.717, 1.165) is 12.0 Å². The first-order chi connectivity index (χ1) is 16.9. The largest absolute Gasteiger partial charge is 0.466 e. The highest BCUT2D eigenvalue weighted by Gasteiger charge is 2.15. The third kappa shape index (κ3) is 6.07. The van der Waals surface area contributed by atoms with Gasteiger partial charge in [-0.2, -0.15) is 4.68 Å². The fourth-order valence-electron chi connectivity index (χ4n) is 4.66. The van der Waals surface area contributed by atoms with E-state index in [4.69, 9.17) is 15.9 Å². The molecule has 1 heterocycles. The standard InChI is InChI=1S/C27H33N5O3/c1-19-30-32(24-14-10-22(11-15-24)26(28)29)27(34)31(19)23-12-7-21(8-13-23)9-16-25(33)35-18-17-20-5-3-2-4-6-20/h7-8,10-15,20H,2-6,9,16-18H2,1H3,(H3,28,29). The van der Waals surface area contributed by atoms with Crippen LogP contribution in [-0.4, -0.2) is 32.8 Å². The van der Waals surface area contributed by atoms with Gasteiger partial charge in [-0.05, 0) is 67.6 Å². The third-order valence-electron chi connectivity index (χ3n) is 6.69. The molecule has 0 atom stereocenters. The molecule has 3 N–H and O–H groups in total. The predicted molar refractivity (Wildman–Crippen MR) is 135 cm³/mol. The molecule has 0 amide bonds. The Labute approximate surface area is 205 Å². The van der Waals surface area contributed by atoms with Crippen LogP contribution < -0.4 is 11.4 Å². The van der Waals surface area contributed by atoms with Crippen molar-refractivity contribution < 1.29 is 9.53 Å². The minimum Gasteiger partial charge on any atom is -0.466 e. The normalized spacial score (nSPS) is 14.1. The molecule has 0 saturated heterocycles. The molecule has 3 aromatic rings. The highest BCUT2D eigenvalue weighted by atomic mass is 16.5. The summed E-state index contributed by atoms with van der Waals surface area (Å²) in [6, 6.07) is 14.4. The van der Waals surface area contributed by atoms with Crippen molar-refractivity contribution in [3.63, 3.8) is 0 Å². The lowest BCUT2D eigenvalue weighted by Crippen LogP contribution is -2.23. The number of ether oxygens (including phenoxy) is 1. The van der Waals surface area contributed by atoms with Crippen molar-refractivity contribution >= 4 is 11.8 Å². The summed E-state index contributed by atoms with van der Waals surface area (Å²) >= 11 is 0. The molecule has 2 aromatic carbocycles. The minimum atomic E-state index is -0.285. The maximum absolute atomic E-state index is 13.1. The number of amidine groups is 1. The van der Waals surface area contributed by atoms with E-state index in [2.05, 4.69) is 5.10 Å². The fourth-order valence-corrected chi connectivity index (χ4v) is 4.66. The lowest BCUT2D eigenvalue weighted by molar-refractivity contribution is -0.144. The van der Waals surface area contributed by atoms with Crippen molar-refractivity contribution in [1.82, 2.24) is 14.3 Å². The van der Waals surface area contributed by atoms with Crippen molar-refractivity contribution in [1.29, 1.82) is 5.41 Å². The van der Waals surface area contributed by atoms with Crippen LogP contribution in [-0.2, 0) is 16.0 Å². The van der Waals surface area contributed by atoms with E-state index in [-0.39, 0.29) is 17.5 Å². The van der Waals surface area contributed by atoms with Crippen LogP contribution in [0.25, 0.3) is 11.4 Å². The average Bonchev–Trinajstić information content (AvgIpc) is 3.17. The molecule has 1 aliphatic rings. The molecular weight excluding hydrogens is 442 g/mol. The zero-order valence-corrected chi connectivity index (χ0v) is 20.2.